The molecule has 200 valence electrons. The van der Waals surface area contributed by atoms with Crippen LogP contribution in [0.2, 0.25) is 0 Å². The Morgan fingerprint density at radius 2 is 1.51 bits per heavy atom. The van der Waals surface area contributed by atoms with Crippen molar-refractivity contribution in [3.63, 3.8) is 0 Å². The first-order valence-corrected chi connectivity index (χ1v) is 14.5. The van der Waals surface area contributed by atoms with E-state index in [9.17, 15) is 14.7 Å². The van der Waals surface area contributed by atoms with E-state index in [0.717, 1.165) is 23.9 Å². The molecule has 1 aromatic carbocycles. The number of carboxylic acids is 1. The minimum atomic E-state index is -1.23. The molecule has 1 saturated carbocycles. The predicted octanol–water partition coefficient (Wildman–Crippen LogP) is 4.06. The highest BCUT2D eigenvalue weighted by Crippen LogP contribution is 2.44. The van der Waals surface area contributed by atoms with Gasteiger partial charge in [-0.3, -0.25) is 14.5 Å². The van der Waals surface area contributed by atoms with Crippen LogP contribution in [0.25, 0.3) is 11.0 Å². The molecule has 8 heteroatoms. The van der Waals surface area contributed by atoms with Crippen LogP contribution in [0.4, 0.5) is 5.82 Å². The van der Waals surface area contributed by atoms with Crippen molar-refractivity contribution >= 4 is 22.8 Å². The monoisotopic (exact) mass is 507 g/mol. The molecule has 2 aromatic rings. The Hall–Kier alpha value is -2.45. The lowest BCUT2D eigenvalue weighted by molar-refractivity contribution is -0.144. The first-order chi connectivity index (χ1) is 17.9. The number of rotatable bonds is 4. The Balaban J connectivity index is 1.30. The van der Waals surface area contributed by atoms with Gasteiger partial charge in [-0.05, 0) is 63.5 Å². The molecule has 2 unspecified atom stereocenters. The fraction of sp³-hybridized carbons (Fsp3) is 0.690. The zero-order valence-corrected chi connectivity index (χ0v) is 21.9. The summed E-state index contributed by atoms with van der Waals surface area (Å²) >= 11 is 0. The number of aliphatic carboxylic acids is 1. The van der Waals surface area contributed by atoms with E-state index in [1.807, 2.05) is 33.7 Å². The predicted molar refractivity (Wildman–Crippen MR) is 145 cm³/mol. The quantitative estimate of drug-likeness (QED) is 0.643. The summed E-state index contributed by atoms with van der Waals surface area (Å²) in [5.41, 5.74) is 6.59. The van der Waals surface area contributed by atoms with Gasteiger partial charge in [0.05, 0.1) is 11.0 Å². The summed E-state index contributed by atoms with van der Waals surface area (Å²) in [4.78, 5) is 35.3. The molecule has 0 radical (unpaired) electrons. The summed E-state index contributed by atoms with van der Waals surface area (Å²) in [5, 5.41) is 9.54. The average molecular weight is 508 g/mol. The molecule has 3 N–H and O–H groups in total. The van der Waals surface area contributed by atoms with Crippen molar-refractivity contribution in [2.45, 2.75) is 113 Å². The molecule has 0 amide bonds. The van der Waals surface area contributed by atoms with Crippen molar-refractivity contribution in [2.24, 2.45) is 5.73 Å². The van der Waals surface area contributed by atoms with E-state index in [1.165, 1.54) is 57.8 Å². The highest BCUT2D eigenvalue weighted by molar-refractivity contribution is 5.79. The summed E-state index contributed by atoms with van der Waals surface area (Å²) in [5.74, 6) is -0.525. The zero-order chi connectivity index (χ0) is 25.6. The van der Waals surface area contributed by atoms with Crippen molar-refractivity contribution in [2.75, 3.05) is 18.0 Å². The highest BCUT2D eigenvalue weighted by Gasteiger charge is 2.45. The van der Waals surface area contributed by atoms with Gasteiger partial charge in [0, 0.05) is 37.3 Å². The van der Waals surface area contributed by atoms with Crippen molar-refractivity contribution in [3.8, 4) is 0 Å². The van der Waals surface area contributed by atoms with Gasteiger partial charge in [0.2, 0.25) is 0 Å². The molecule has 8 nitrogen and oxygen atoms in total. The minimum Gasteiger partial charge on any atom is -0.480 e. The van der Waals surface area contributed by atoms with Crippen LogP contribution in [-0.2, 0) is 4.79 Å². The molecule has 3 saturated heterocycles. The molecular weight excluding hydrogens is 466 g/mol. The Kier molecular flexibility index (Phi) is 6.74. The van der Waals surface area contributed by atoms with Gasteiger partial charge in [0.1, 0.15) is 5.54 Å². The zero-order valence-electron chi connectivity index (χ0n) is 21.9. The van der Waals surface area contributed by atoms with Gasteiger partial charge < -0.3 is 20.3 Å². The summed E-state index contributed by atoms with van der Waals surface area (Å²) in [6.07, 6.45) is 14.6. The first kappa shape index (κ1) is 24.9. The van der Waals surface area contributed by atoms with Gasteiger partial charge in [-0.15, -0.1) is 0 Å². The number of carbonyl (C=O) groups is 1. The van der Waals surface area contributed by atoms with Crippen molar-refractivity contribution < 1.29 is 9.90 Å². The molecule has 37 heavy (non-hydrogen) atoms. The van der Waals surface area contributed by atoms with Gasteiger partial charge in [0.15, 0.2) is 5.82 Å². The molecule has 0 spiro atoms. The van der Waals surface area contributed by atoms with Crippen LogP contribution >= 0.6 is 0 Å². The van der Waals surface area contributed by atoms with Gasteiger partial charge in [-0.1, -0.05) is 44.2 Å². The highest BCUT2D eigenvalue weighted by atomic mass is 16.4. The summed E-state index contributed by atoms with van der Waals surface area (Å²) in [6.45, 7) is 0.851. The average Bonchev–Trinajstić information content (AvgIpc) is 3.13. The minimum absolute atomic E-state index is 0.0395. The molecule has 4 heterocycles. The van der Waals surface area contributed by atoms with Gasteiger partial charge >= 0.3 is 5.97 Å². The largest absolute Gasteiger partial charge is 0.480 e. The van der Waals surface area contributed by atoms with E-state index < -0.39 is 11.5 Å². The van der Waals surface area contributed by atoms with Crippen molar-refractivity contribution in [1.82, 2.24) is 14.5 Å². The lowest BCUT2D eigenvalue weighted by Gasteiger charge is -2.45. The number of hydrogen-bond donors (Lipinski definition) is 2. The number of benzene rings is 1. The van der Waals surface area contributed by atoms with E-state index >= 15 is 0 Å². The molecule has 6 rings (SSSR count). The van der Waals surface area contributed by atoms with Crippen molar-refractivity contribution in [1.29, 1.82) is 0 Å². The molecule has 1 aliphatic carbocycles. The molecular formula is C29H41N5O3. The van der Waals surface area contributed by atoms with Crippen molar-refractivity contribution in [3.05, 3.63) is 34.6 Å². The Bertz CT molecular complexity index is 1180. The van der Waals surface area contributed by atoms with Crippen LogP contribution in [0.5, 0.6) is 0 Å². The van der Waals surface area contributed by atoms with Gasteiger partial charge in [-0.2, -0.15) is 0 Å². The van der Waals surface area contributed by atoms with Crippen LogP contribution in [0.3, 0.4) is 0 Å². The molecule has 4 aliphatic rings. The molecule has 2 atom stereocenters. The fourth-order valence-electron chi connectivity index (χ4n) is 7.77. The number of para-hydroxylation sites is 2. The van der Waals surface area contributed by atoms with E-state index in [1.54, 1.807) is 0 Å². The Morgan fingerprint density at radius 1 is 0.892 bits per heavy atom. The Morgan fingerprint density at radius 3 is 2.16 bits per heavy atom. The number of nitrogens with zero attached hydrogens (tertiary/aromatic N) is 4. The Labute approximate surface area is 218 Å². The molecule has 3 aliphatic heterocycles. The van der Waals surface area contributed by atoms with E-state index in [0.29, 0.717) is 49.9 Å². The maximum Gasteiger partial charge on any atom is 0.323 e. The van der Waals surface area contributed by atoms with Gasteiger partial charge in [-0.25, -0.2) is 4.98 Å². The third-order valence-corrected chi connectivity index (χ3v) is 9.79. The smallest absolute Gasteiger partial charge is 0.323 e. The first-order valence-electron chi connectivity index (χ1n) is 14.5. The number of hydrogen-bond acceptors (Lipinski definition) is 6. The van der Waals surface area contributed by atoms with Crippen LogP contribution in [0.15, 0.2) is 29.1 Å². The molecule has 1 aromatic heterocycles. The number of piperidine rings is 2. The maximum atomic E-state index is 14.1. The van der Waals surface area contributed by atoms with E-state index in [-0.39, 0.29) is 11.6 Å². The number of fused-ring (bicyclic) bond motifs is 3. The van der Waals surface area contributed by atoms with Crippen LogP contribution < -0.4 is 16.2 Å². The lowest BCUT2D eigenvalue weighted by Crippen LogP contribution is -2.56. The number of carboxylic acid groups (broad SMARTS) is 1. The van der Waals surface area contributed by atoms with Crippen LogP contribution in [0.1, 0.15) is 89.5 Å². The second-order valence-electron chi connectivity index (χ2n) is 12.0. The normalized spacial score (nSPS) is 29.2. The lowest BCUT2D eigenvalue weighted by atomic mass is 9.89. The number of nitrogens with two attached hydrogens (primary N) is 1. The van der Waals surface area contributed by atoms with E-state index in [4.69, 9.17) is 10.7 Å². The number of anilines is 1. The fourth-order valence-corrected chi connectivity index (χ4v) is 7.77. The van der Waals surface area contributed by atoms with E-state index in [2.05, 4.69) is 4.90 Å². The maximum absolute atomic E-state index is 14.1. The molecule has 4 fully saturated rings. The third-order valence-electron chi connectivity index (χ3n) is 9.79. The number of aromatic nitrogens is 2. The second kappa shape index (κ2) is 10.0. The topological polar surface area (TPSA) is 105 Å². The van der Waals surface area contributed by atoms with Crippen LogP contribution in [-0.4, -0.2) is 62.3 Å². The third kappa shape index (κ3) is 4.56. The summed E-state index contributed by atoms with van der Waals surface area (Å²) in [6, 6.07) is 9.97. The SMILES string of the molecule is NC1(C(=O)O)CCN(c2nc3ccccc3n(C3CC4CCC(C3)N4C3CCCCCCC3)c2=O)CC1. The van der Waals surface area contributed by atoms with Crippen LogP contribution in [0, 0.1) is 0 Å². The standard InChI is InChI=1S/C29H41N5O3/c30-29(28(36)37)14-16-32(17-15-29)26-27(35)34(25-11-7-6-10-24(25)31-26)23-18-21-12-13-22(19-23)33(21)20-8-4-2-1-3-5-9-20/h6-7,10-11,20-23H,1-5,8-9,12-19,30H2,(H,36,37). The molecule has 2 bridgehead atoms. The summed E-state index contributed by atoms with van der Waals surface area (Å²) in [7, 11) is 0. The second-order valence-corrected chi connectivity index (χ2v) is 12.0. The van der Waals surface area contributed by atoms with Gasteiger partial charge in [0.25, 0.3) is 5.56 Å². The summed E-state index contributed by atoms with van der Waals surface area (Å²) < 4.78 is 2.04.